The lowest BCUT2D eigenvalue weighted by Crippen LogP contribution is -2.49. The summed E-state index contributed by atoms with van der Waals surface area (Å²) in [5, 5.41) is 0.156. The zero-order valence-electron chi connectivity index (χ0n) is 21.6. The van der Waals surface area contributed by atoms with Gasteiger partial charge in [0, 0.05) is 6.61 Å². The van der Waals surface area contributed by atoms with Crippen LogP contribution in [0.2, 0.25) is 18.1 Å². The van der Waals surface area contributed by atoms with Crippen LogP contribution >= 0.6 is 0 Å². The lowest BCUT2D eigenvalue weighted by atomic mass is 10.0. The summed E-state index contributed by atoms with van der Waals surface area (Å²) in [4.78, 5) is 4.73. The van der Waals surface area contributed by atoms with Crippen molar-refractivity contribution in [1.82, 2.24) is 9.55 Å². The van der Waals surface area contributed by atoms with E-state index >= 15 is 0 Å². The number of benzene rings is 2. The summed E-state index contributed by atoms with van der Waals surface area (Å²) in [6.45, 7) is 19.8. The molecule has 178 valence electrons. The van der Waals surface area contributed by atoms with E-state index in [1.54, 1.807) is 0 Å². The maximum absolute atomic E-state index is 6.84. The summed E-state index contributed by atoms with van der Waals surface area (Å²) in [6, 6.07) is 19.2. The lowest BCUT2D eigenvalue weighted by molar-refractivity contribution is 0.0681. The molecule has 5 heteroatoms. The molecule has 0 spiro atoms. The minimum absolute atomic E-state index is 0.156. The van der Waals surface area contributed by atoms with Gasteiger partial charge in [0.05, 0.1) is 24.0 Å². The molecule has 0 aliphatic carbocycles. The molecule has 1 aromatic heterocycles. The number of nitrogens with zero attached hydrogens (tertiary/aromatic N) is 2. The Hall–Kier alpha value is -2.21. The Morgan fingerprint density at radius 3 is 2.00 bits per heavy atom. The highest BCUT2D eigenvalue weighted by Gasteiger charge is 2.41. The molecule has 0 aliphatic rings. The first kappa shape index (κ1) is 25.4. The molecule has 2 aromatic carbocycles. The van der Waals surface area contributed by atoms with E-state index in [1.165, 1.54) is 11.1 Å². The highest BCUT2D eigenvalue weighted by molar-refractivity contribution is 6.74. The zero-order chi connectivity index (χ0) is 24.3. The maximum Gasteiger partial charge on any atom is 0.192 e. The normalized spacial score (nSPS) is 12.8. The Bertz CT molecular complexity index is 1030. The quantitative estimate of drug-likeness (QED) is 0.307. The van der Waals surface area contributed by atoms with Crippen LogP contribution in [0.25, 0.3) is 22.4 Å². The molecule has 0 saturated carbocycles. The average molecular weight is 465 g/mol. The first-order valence-electron chi connectivity index (χ1n) is 11.9. The number of hydrogen-bond donors (Lipinski definition) is 0. The minimum atomic E-state index is -1.92. The molecule has 3 rings (SSSR count). The van der Waals surface area contributed by atoms with Crippen molar-refractivity contribution in [1.29, 1.82) is 0 Å². The van der Waals surface area contributed by atoms with E-state index < -0.39 is 8.32 Å². The Morgan fingerprint density at radius 2 is 1.42 bits per heavy atom. The van der Waals surface area contributed by atoms with E-state index in [2.05, 4.69) is 101 Å². The van der Waals surface area contributed by atoms with Crippen LogP contribution in [-0.2, 0) is 22.3 Å². The van der Waals surface area contributed by atoms with Gasteiger partial charge >= 0.3 is 0 Å². The molecule has 0 unspecified atom stereocenters. The molecule has 0 atom stereocenters. The van der Waals surface area contributed by atoms with E-state index in [-0.39, 0.29) is 10.6 Å². The SMILES string of the molecule is CCOCc1ncc(-c2ccc(-c3ccccc3)cc2)n1CC(C)(C)O[Si](C)(C)C(C)(C)C. The number of hydrogen-bond acceptors (Lipinski definition) is 3. The van der Waals surface area contributed by atoms with E-state index in [0.29, 0.717) is 13.2 Å². The second kappa shape index (κ2) is 9.96. The average Bonchev–Trinajstić information content (AvgIpc) is 3.13. The fourth-order valence-corrected chi connectivity index (χ4v) is 5.60. The molecule has 0 radical (unpaired) electrons. The van der Waals surface area contributed by atoms with Gasteiger partial charge < -0.3 is 13.7 Å². The zero-order valence-corrected chi connectivity index (χ0v) is 22.6. The van der Waals surface area contributed by atoms with Crippen molar-refractivity contribution in [2.75, 3.05) is 6.61 Å². The Balaban J connectivity index is 1.93. The smallest absolute Gasteiger partial charge is 0.192 e. The predicted molar refractivity (Wildman–Crippen MR) is 141 cm³/mol. The Labute approximate surface area is 201 Å². The van der Waals surface area contributed by atoms with Gasteiger partial charge in [-0.1, -0.05) is 75.4 Å². The third kappa shape index (κ3) is 6.22. The molecule has 0 N–H and O–H groups in total. The summed E-state index contributed by atoms with van der Waals surface area (Å²) in [5.41, 5.74) is 4.34. The van der Waals surface area contributed by atoms with Crippen LogP contribution in [0.3, 0.4) is 0 Å². The highest BCUT2D eigenvalue weighted by Crippen LogP contribution is 2.40. The van der Waals surface area contributed by atoms with Gasteiger partial charge in [-0.15, -0.1) is 0 Å². The van der Waals surface area contributed by atoms with Gasteiger partial charge in [0.2, 0.25) is 0 Å². The second-order valence-corrected chi connectivity index (χ2v) is 15.6. The van der Waals surface area contributed by atoms with E-state index in [1.807, 2.05) is 19.2 Å². The molecule has 0 aliphatic heterocycles. The molecule has 0 amide bonds. The highest BCUT2D eigenvalue weighted by atomic mass is 28.4. The molecule has 0 saturated heterocycles. The third-order valence-corrected chi connectivity index (χ3v) is 11.2. The number of aromatic nitrogens is 2. The van der Waals surface area contributed by atoms with Crippen molar-refractivity contribution in [3.63, 3.8) is 0 Å². The molecular weight excluding hydrogens is 424 g/mol. The van der Waals surface area contributed by atoms with E-state index in [4.69, 9.17) is 14.1 Å². The summed E-state index contributed by atoms with van der Waals surface area (Å²) < 4.78 is 14.9. The largest absolute Gasteiger partial charge is 0.410 e. The summed E-state index contributed by atoms with van der Waals surface area (Å²) in [7, 11) is -1.92. The number of rotatable bonds is 9. The lowest BCUT2D eigenvalue weighted by Gasteiger charge is -2.43. The van der Waals surface area contributed by atoms with Gasteiger partial charge in [-0.3, -0.25) is 0 Å². The molecular formula is C28H40N2O2Si. The van der Waals surface area contributed by atoms with Crippen molar-refractivity contribution in [3.8, 4) is 22.4 Å². The molecule has 33 heavy (non-hydrogen) atoms. The minimum Gasteiger partial charge on any atom is -0.410 e. The van der Waals surface area contributed by atoms with Gasteiger partial charge in [0.25, 0.3) is 0 Å². The Kier molecular flexibility index (Phi) is 7.67. The van der Waals surface area contributed by atoms with Gasteiger partial charge in [-0.25, -0.2) is 4.98 Å². The fourth-order valence-electron chi connectivity index (χ4n) is 3.85. The van der Waals surface area contributed by atoms with Crippen molar-refractivity contribution in [2.45, 2.75) is 78.4 Å². The van der Waals surface area contributed by atoms with E-state index in [9.17, 15) is 0 Å². The van der Waals surface area contributed by atoms with Crippen molar-refractivity contribution in [2.24, 2.45) is 0 Å². The second-order valence-electron chi connectivity index (χ2n) is 10.8. The predicted octanol–water partition coefficient (Wildman–Crippen LogP) is 7.55. The van der Waals surface area contributed by atoms with Crippen LogP contribution in [0.15, 0.2) is 60.8 Å². The van der Waals surface area contributed by atoms with Crippen molar-refractivity contribution in [3.05, 3.63) is 66.6 Å². The van der Waals surface area contributed by atoms with Gasteiger partial charge in [0.15, 0.2) is 8.32 Å². The van der Waals surface area contributed by atoms with Crippen LogP contribution in [0, 0.1) is 0 Å². The van der Waals surface area contributed by atoms with Gasteiger partial charge in [-0.05, 0) is 55.6 Å². The van der Waals surface area contributed by atoms with Crippen LogP contribution in [0.5, 0.6) is 0 Å². The summed E-state index contributed by atoms with van der Waals surface area (Å²) >= 11 is 0. The number of ether oxygens (including phenoxy) is 1. The third-order valence-electron chi connectivity index (χ3n) is 6.54. The van der Waals surface area contributed by atoms with E-state index in [0.717, 1.165) is 23.6 Å². The monoisotopic (exact) mass is 464 g/mol. The van der Waals surface area contributed by atoms with Crippen LogP contribution < -0.4 is 0 Å². The van der Waals surface area contributed by atoms with Gasteiger partial charge in [-0.2, -0.15) is 0 Å². The number of imidazole rings is 1. The van der Waals surface area contributed by atoms with Crippen molar-refractivity contribution < 1.29 is 9.16 Å². The fraction of sp³-hybridized carbons (Fsp3) is 0.464. The topological polar surface area (TPSA) is 36.3 Å². The molecule has 4 nitrogen and oxygen atoms in total. The van der Waals surface area contributed by atoms with Crippen molar-refractivity contribution >= 4 is 8.32 Å². The molecule has 0 fully saturated rings. The van der Waals surface area contributed by atoms with Crippen LogP contribution in [-0.4, -0.2) is 30.1 Å². The summed E-state index contributed by atoms with van der Waals surface area (Å²) in [6.07, 6.45) is 1.97. The van der Waals surface area contributed by atoms with Crippen LogP contribution in [0.1, 0.15) is 47.4 Å². The van der Waals surface area contributed by atoms with Gasteiger partial charge in [0.1, 0.15) is 12.4 Å². The standard InChI is InChI=1S/C28H40N2O2Si/c1-9-31-20-26-29-19-25(24-17-15-23(16-18-24)22-13-11-10-12-14-22)30(26)21-28(5,6)32-33(7,8)27(2,3)4/h10-19H,9,20-21H2,1-8H3. The first-order chi connectivity index (χ1) is 15.4. The molecule has 3 aromatic rings. The first-order valence-corrected chi connectivity index (χ1v) is 14.8. The molecule has 0 bridgehead atoms. The maximum atomic E-state index is 6.84. The van der Waals surface area contributed by atoms with Crippen LogP contribution in [0.4, 0.5) is 0 Å². The summed E-state index contributed by atoms with van der Waals surface area (Å²) in [5.74, 6) is 0.936. The molecule has 1 heterocycles. The Morgan fingerprint density at radius 1 is 0.848 bits per heavy atom.